The van der Waals surface area contributed by atoms with Crippen molar-refractivity contribution < 1.29 is 4.79 Å². The highest BCUT2D eigenvalue weighted by Crippen LogP contribution is 2.32. The monoisotopic (exact) mass is 217 g/mol. The molecule has 1 aromatic rings. The lowest BCUT2D eigenvalue weighted by atomic mass is 9.95. The number of Topliss-reactive ketones (excluding diaryl/α,β-unsaturated/α-hetero) is 1. The molecular weight excluding hydrogens is 198 g/mol. The Morgan fingerprint density at radius 1 is 1.38 bits per heavy atom. The first kappa shape index (κ1) is 11.3. The van der Waals surface area contributed by atoms with Gasteiger partial charge in [-0.2, -0.15) is 0 Å². The van der Waals surface area contributed by atoms with E-state index in [-0.39, 0.29) is 0 Å². The van der Waals surface area contributed by atoms with E-state index in [4.69, 9.17) is 5.73 Å². The summed E-state index contributed by atoms with van der Waals surface area (Å²) in [5, 5.41) is 0. The molecule has 1 fully saturated rings. The molecule has 0 amide bonds. The summed E-state index contributed by atoms with van der Waals surface area (Å²) in [6.07, 6.45) is 4.61. The van der Waals surface area contributed by atoms with E-state index in [9.17, 15) is 4.79 Å². The normalized spacial score (nSPS) is 20.3. The van der Waals surface area contributed by atoms with Crippen LogP contribution in [0.15, 0.2) is 24.3 Å². The van der Waals surface area contributed by atoms with E-state index in [1.54, 1.807) is 0 Å². The molecule has 1 unspecified atom stereocenters. The average Bonchev–Trinajstić information content (AvgIpc) is 2.74. The molecule has 2 N–H and O–H groups in total. The Kier molecular flexibility index (Phi) is 3.73. The van der Waals surface area contributed by atoms with Crippen LogP contribution < -0.4 is 5.73 Å². The Morgan fingerprint density at radius 3 is 2.94 bits per heavy atom. The number of hydrogen-bond acceptors (Lipinski definition) is 2. The summed E-state index contributed by atoms with van der Waals surface area (Å²) >= 11 is 0. The molecule has 0 aliphatic heterocycles. The van der Waals surface area contributed by atoms with Gasteiger partial charge in [0, 0.05) is 12.8 Å². The first-order valence-electron chi connectivity index (χ1n) is 6.10. The molecule has 1 saturated carbocycles. The van der Waals surface area contributed by atoms with Crippen molar-refractivity contribution >= 4 is 5.78 Å². The van der Waals surface area contributed by atoms with Crippen LogP contribution in [0.1, 0.15) is 42.7 Å². The third-order valence-corrected chi connectivity index (χ3v) is 3.34. The van der Waals surface area contributed by atoms with Crippen molar-refractivity contribution in [2.45, 2.75) is 38.0 Å². The summed E-state index contributed by atoms with van der Waals surface area (Å²) in [4.78, 5) is 11.3. The Morgan fingerprint density at radius 2 is 2.25 bits per heavy atom. The molecule has 0 heterocycles. The maximum atomic E-state index is 11.3. The molecule has 1 atom stereocenters. The van der Waals surface area contributed by atoms with Gasteiger partial charge in [0.2, 0.25) is 0 Å². The zero-order chi connectivity index (χ0) is 11.4. The standard InChI is InChI=1S/C14H19NO/c15-8-2-4-11-3-1-5-12(9-11)13-6-7-14(16)10-13/h1,3,5,9,13H,2,4,6-8,10,15H2. The fourth-order valence-electron chi connectivity index (χ4n) is 2.41. The summed E-state index contributed by atoms with van der Waals surface area (Å²) in [5.74, 6) is 0.877. The van der Waals surface area contributed by atoms with E-state index in [0.29, 0.717) is 11.7 Å². The van der Waals surface area contributed by atoms with E-state index < -0.39 is 0 Å². The van der Waals surface area contributed by atoms with E-state index >= 15 is 0 Å². The number of nitrogens with two attached hydrogens (primary N) is 1. The Balaban J connectivity index is 2.06. The number of aryl methyl sites for hydroxylation is 1. The summed E-state index contributed by atoms with van der Waals surface area (Å²) in [5.41, 5.74) is 8.19. The molecule has 0 saturated heterocycles. The van der Waals surface area contributed by atoms with Crippen molar-refractivity contribution in [3.8, 4) is 0 Å². The molecule has 2 rings (SSSR count). The summed E-state index contributed by atoms with van der Waals surface area (Å²) < 4.78 is 0. The maximum absolute atomic E-state index is 11.3. The third-order valence-electron chi connectivity index (χ3n) is 3.34. The van der Waals surface area contributed by atoms with Crippen LogP contribution in [-0.4, -0.2) is 12.3 Å². The first-order valence-corrected chi connectivity index (χ1v) is 6.10. The number of benzene rings is 1. The van der Waals surface area contributed by atoms with Crippen molar-refractivity contribution in [1.29, 1.82) is 0 Å². The lowest BCUT2D eigenvalue weighted by molar-refractivity contribution is -0.117. The van der Waals surface area contributed by atoms with Crippen LogP contribution in [0.25, 0.3) is 0 Å². The van der Waals surface area contributed by atoms with Crippen LogP contribution in [0.2, 0.25) is 0 Å². The molecule has 1 aliphatic carbocycles. The van der Waals surface area contributed by atoms with Crippen molar-refractivity contribution in [2.24, 2.45) is 5.73 Å². The minimum absolute atomic E-state index is 0.414. The molecular formula is C14H19NO. The van der Waals surface area contributed by atoms with Gasteiger partial charge in [-0.1, -0.05) is 24.3 Å². The van der Waals surface area contributed by atoms with Gasteiger partial charge in [0.25, 0.3) is 0 Å². The third kappa shape index (κ3) is 2.70. The highest BCUT2D eigenvalue weighted by Gasteiger charge is 2.23. The number of carbonyl (C=O) groups excluding carboxylic acids is 1. The van der Waals surface area contributed by atoms with Gasteiger partial charge in [0.15, 0.2) is 0 Å². The Labute approximate surface area is 96.8 Å². The maximum Gasteiger partial charge on any atom is 0.133 e. The SMILES string of the molecule is NCCCc1cccc(C2CCC(=O)C2)c1. The van der Waals surface area contributed by atoms with E-state index in [1.165, 1.54) is 11.1 Å². The Hall–Kier alpha value is -1.15. The zero-order valence-electron chi connectivity index (χ0n) is 9.61. The highest BCUT2D eigenvalue weighted by molar-refractivity contribution is 5.81. The fourth-order valence-corrected chi connectivity index (χ4v) is 2.41. The molecule has 1 aliphatic rings. The molecule has 1 aromatic carbocycles. The van der Waals surface area contributed by atoms with Gasteiger partial charge in [-0.3, -0.25) is 4.79 Å². The lowest BCUT2D eigenvalue weighted by Crippen LogP contribution is -2.01. The predicted molar refractivity (Wildman–Crippen MR) is 65.4 cm³/mol. The zero-order valence-corrected chi connectivity index (χ0v) is 9.61. The van der Waals surface area contributed by atoms with Crippen molar-refractivity contribution in [1.82, 2.24) is 0 Å². The molecule has 0 bridgehead atoms. The number of ketones is 1. The molecule has 86 valence electrons. The quantitative estimate of drug-likeness (QED) is 0.841. The van der Waals surface area contributed by atoms with Crippen LogP contribution in [0.5, 0.6) is 0 Å². The highest BCUT2D eigenvalue weighted by atomic mass is 16.1. The van der Waals surface area contributed by atoms with Crippen LogP contribution in [-0.2, 0) is 11.2 Å². The fraction of sp³-hybridized carbons (Fsp3) is 0.500. The first-order chi connectivity index (χ1) is 7.79. The van der Waals surface area contributed by atoms with Gasteiger partial charge in [-0.05, 0) is 42.9 Å². The van der Waals surface area contributed by atoms with Crippen LogP contribution >= 0.6 is 0 Å². The van der Waals surface area contributed by atoms with Crippen molar-refractivity contribution in [2.75, 3.05) is 6.54 Å². The molecule has 0 radical (unpaired) electrons. The summed E-state index contributed by atoms with van der Waals surface area (Å²) in [6.45, 7) is 0.742. The van der Waals surface area contributed by atoms with Gasteiger partial charge in [0.05, 0.1) is 0 Å². The van der Waals surface area contributed by atoms with E-state index in [2.05, 4.69) is 24.3 Å². The number of carbonyl (C=O) groups is 1. The van der Waals surface area contributed by atoms with Gasteiger partial charge >= 0.3 is 0 Å². The topological polar surface area (TPSA) is 43.1 Å². The van der Waals surface area contributed by atoms with Gasteiger partial charge in [0.1, 0.15) is 5.78 Å². The predicted octanol–water partition coefficient (Wildman–Crippen LogP) is 2.41. The van der Waals surface area contributed by atoms with Crippen molar-refractivity contribution in [3.63, 3.8) is 0 Å². The lowest BCUT2D eigenvalue weighted by Gasteiger charge is -2.10. The molecule has 0 aromatic heterocycles. The van der Waals surface area contributed by atoms with E-state index in [1.807, 2.05) is 0 Å². The van der Waals surface area contributed by atoms with Gasteiger partial charge in [-0.25, -0.2) is 0 Å². The second-order valence-corrected chi connectivity index (χ2v) is 4.62. The van der Waals surface area contributed by atoms with Crippen LogP contribution in [0.3, 0.4) is 0 Å². The van der Waals surface area contributed by atoms with Crippen molar-refractivity contribution in [3.05, 3.63) is 35.4 Å². The second-order valence-electron chi connectivity index (χ2n) is 4.62. The minimum Gasteiger partial charge on any atom is -0.330 e. The summed E-state index contributed by atoms with van der Waals surface area (Å²) in [7, 11) is 0. The number of rotatable bonds is 4. The smallest absolute Gasteiger partial charge is 0.133 e. The minimum atomic E-state index is 0.414. The second kappa shape index (κ2) is 5.26. The molecule has 16 heavy (non-hydrogen) atoms. The van der Waals surface area contributed by atoms with Gasteiger partial charge in [-0.15, -0.1) is 0 Å². The van der Waals surface area contributed by atoms with Gasteiger partial charge < -0.3 is 5.73 Å². The molecule has 2 heteroatoms. The average molecular weight is 217 g/mol. The summed E-state index contributed by atoms with van der Waals surface area (Å²) in [6, 6.07) is 8.65. The number of hydrogen-bond donors (Lipinski definition) is 1. The van der Waals surface area contributed by atoms with Crippen LogP contribution in [0.4, 0.5) is 0 Å². The molecule has 2 nitrogen and oxygen atoms in total. The Bertz CT molecular complexity index is 373. The van der Waals surface area contributed by atoms with E-state index in [0.717, 1.165) is 38.6 Å². The largest absolute Gasteiger partial charge is 0.330 e. The van der Waals surface area contributed by atoms with Crippen LogP contribution in [0, 0.1) is 0 Å². The molecule has 0 spiro atoms.